The SMILES string of the molecule is O=[N+]([O-])c1ccc(-c2ccc3n[nH]nc3c2S(=O)(=O)O)cc1.[Ag]. The van der Waals surface area contributed by atoms with Gasteiger partial charge in [0.2, 0.25) is 0 Å². The van der Waals surface area contributed by atoms with E-state index in [-0.39, 0.29) is 44.7 Å². The molecule has 1 heterocycles. The average molecular weight is 428 g/mol. The number of aromatic nitrogens is 3. The number of nitrogens with one attached hydrogen (secondary N) is 1. The number of non-ortho nitro benzene ring substituents is 1. The molecule has 0 spiro atoms. The molecule has 0 saturated heterocycles. The zero-order valence-electron chi connectivity index (χ0n) is 11.1. The van der Waals surface area contributed by atoms with Gasteiger partial charge in [-0.05, 0) is 23.8 Å². The van der Waals surface area contributed by atoms with E-state index in [2.05, 4.69) is 15.4 Å². The van der Waals surface area contributed by atoms with Gasteiger partial charge in [-0.1, -0.05) is 6.07 Å². The van der Waals surface area contributed by atoms with Gasteiger partial charge in [-0.15, -0.1) is 0 Å². The number of nitrogens with zero attached hydrogens (tertiary/aromatic N) is 3. The Labute approximate surface area is 145 Å². The fourth-order valence-electron chi connectivity index (χ4n) is 2.14. The number of hydrogen-bond acceptors (Lipinski definition) is 6. The maximum absolute atomic E-state index is 11.7. The van der Waals surface area contributed by atoms with Crippen LogP contribution in [0, 0.1) is 10.1 Å². The van der Waals surface area contributed by atoms with Crippen LogP contribution in [0.4, 0.5) is 5.69 Å². The van der Waals surface area contributed by atoms with Gasteiger partial charge in [0.1, 0.15) is 15.9 Å². The summed E-state index contributed by atoms with van der Waals surface area (Å²) in [4.78, 5) is 9.71. The Hall–Kier alpha value is -2.11. The van der Waals surface area contributed by atoms with E-state index in [0.717, 1.165) is 0 Å². The molecule has 11 heteroatoms. The van der Waals surface area contributed by atoms with Crippen LogP contribution in [-0.4, -0.2) is 33.3 Å². The van der Waals surface area contributed by atoms with E-state index < -0.39 is 19.9 Å². The molecule has 0 bridgehead atoms. The van der Waals surface area contributed by atoms with Crippen molar-refractivity contribution in [3.05, 3.63) is 46.5 Å². The Morgan fingerprint density at radius 2 is 1.74 bits per heavy atom. The third-order valence-corrected chi connectivity index (χ3v) is 4.02. The van der Waals surface area contributed by atoms with Gasteiger partial charge in [0, 0.05) is 40.1 Å². The van der Waals surface area contributed by atoms with Gasteiger partial charge in [-0.3, -0.25) is 14.7 Å². The molecule has 0 fully saturated rings. The number of fused-ring (bicyclic) bond motifs is 1. The summed E-state index contributed by atoms with van der Waals surface area (Å²) >= 11 is 0. The third kappa shape index (κ3) is 3.16. The second-order valence-electron chi connectivity index (χ2n) is 4.41. The van der Waals surface area contributed by atoms with Gasteiger partial charge >= 0.3 is 0 Å². The molecule has 123 valence electrons. The zero-order valence-corrected chi connectivity index (χ0v) is 13.4. The molecular weight excluding hydrogens is 420 g/mol. The van der Waals surface area contributed by atoms with Crippen molar-refractivity contribution in [2.24, 2.45) is 0 Å². The van der Waals surface area contributed by atoms with E-state index in [1.165, 1.54) is 36.4 Å². The molecule has 2 N–H and O–H groups in total. The maximum atomic E-state index is 11.7. The molecule has 0 aliphatic rings. The molecular formula is C12H8AgN4O5S. The minimum absolute atomic E-state index is 0. The average Bonchev–Trinajstić information content (AvgIpc) is 2.93. The van der Waals surface area contributed by atoms with E-state index in [1.807, 2.05) is 0 Å². The number of nitro groups is 1. The van der Waals surface area contributed by atoms with Crippen LogP contribution in [0.1, 0.15) is 0 Å². The van der Waals surface area contributed by atoms with Gasteiger partial charge in [-0.2, -0.15) is 23.8 Å². The van der Waals surface area contributed by atoms with Crippen LogP contribution in [0.3, 0.4) is 0 Å². The first-order chi connectivity index (χ1) is 10.4. The molecule has 0 atom stereocenters. The van der Waals surface area contributed by atoms with Crippen LogP contribution in [-0.2, 0) is 32.5 Å². The quantitative estimate of drug-likeness (QED) is 0.281. The number of nitro benzene ring substituents is 1. The van der Waals surface area contributed by atoms with Crippen LogP contribution in [0.5, 0.6) is 0 Å². The van der Waals surface area contributed by atoms with Crippen molar-refractivity contribution in [1.82, 2.24) is 15.4 Å². The number of aromatic amines is 1. The smallest absolute Gasteiger partial charge is 0.282 e. The number of H-pyrrole nitrogens is 1. The molecule has 1 radical (unpaired) electrons. The normalized spacial score (nSPS) is 11.2. The number of hydrogen-bond donors (Lipinski definition) is 2. The Morgan fingerprint density at radius 3 is 2.30 bits per heavy atom. The first kappa shape index (κ1) is 17.2. The van der Waals surface area contributed by atoms with Crippen LogP contribution >= 0.6 is 0 Å². The minimum atomic E-state index is -4.56. The fourth-order valence-corrected chi connectivity index (χ4v) is 3.00. The zero-order chi connectivity index (χ0) is 15.9. The largest absolute Gasteiger partial charge is 0.297 e. The topological polar surface area (TPSA) is 139 Å². The van der Waals surface area contributed by atoms with E-state index in [9.17, 15) is 23.1 Å². The van der Waals surface area contributed by atoms with E-state index >= 15 is 0 Å². The molecule has 0 amide bonds. The van der Waals surface area contributed by atoms with Crippen molar-refractivity contribution in [3.8, 4) is 11.1 Å². The van der Waals surface area contributed by atoms with E-state index in [4.69, 9.17) is 0 Å². The Kier molecular flexibility index (Phi) is 4.63. The monoisotopic (exact) mass is 427 g/mol. The first-order valence-corrected chi connectivity index (χ1v) is 7.38. The van der Waals surface area contributed by atoms with Gasteiger partial charge in [0.25, 0.3) is 15.8 Å². The number of rotatable bonds is 3. The van der Waals surface area contributed by atoms with Crippen molar-refractivity contribution in [3.63, 3.8) is 0 Å². The fraction of sp³-hybridized carbons (Fsp3) is 0. The summed E-state index contributed by atoms with van der Waals surface area (Å²) in [6.07, 6.45) is 0. The van der Waals surface area contributed by atoms with Crippen molar-refractivity contribution < 1.29 is 40.3 Å². The second kappa shape index (κ2) is 6.18. The number of benzene rings is 2. The van der Waals surface area contributed by atoms with Gasteiger partial charge in [0.15, 0.2) is 0 Å². The molecule has 0 saturated carbocycles. The van der Waals surface area contributed by atoms with Gasteiger partial charge in [-0.25, -0.2) is 0 Å². The predicted octanol–water partition coefficient (Wildman–Crippen LogP) is 1.78. The summed E-state index contributed by atoms with van der Waals surface area (Å²) in [5.74, 6) is 0. The van der Waals surface area contributed by atoms with Gasteiger partial charge < -0.3 is 0 Å². The Morgan fingerprint density at radius 1 is 1.09 bits per heavy atom. The Bertz CT molecular complexity index is 984. The molecule has 3 aromatic rings. The predicted molar refractivity (Wildman–Crippen MR) is 75.8 cm³/mol. The van der Waals surface area contributed by atoms with Crippen LogP contribution in [0.15, 0.2) is 41.3 Å². The Balaban J connectivity index is 0.00000192. The third-order valence-electron chi connectivity index (χ3n) is 3.09. The van der Waals surface area contributed by atoms with Crippen molar-refractivity contribution in [1.29, 1.82) is 0 Å². The van der Waals surface area contributed by atoms with Crippen LogP contribution in [0.2, 0.25) is 0 Å². The van der Waals surface area contributed by atoms with Crippen molar-refractivity contribution in [2.45, 2.75) is 4.90 Å². The van der Waals surface area contributed by atoms with Crippen molar-refractivity contribution >= 4 is 26.8 Å². The summed E-state index contributed by atoms with van der Waals surface area (Å²) in [7, 11) is -4.56. The summed E-state index contributed by atoms with van der Waals surface area (Å²) in [6.45, 7) is 0. The molecule has 2 aromatic carbocycles. The van der Waals surface area contributed by atoms with E-state index in [0.29, 0.717) is 5.56 Å². The molecule has 9 nitrogen and oxygen atoms in total. The summed E-state index contributed by atoms with van der Waals surface area (Å²) < 4.78 is 32.8. The summed E-state index contributed by atoms with van der Waals surface area (Å²) in [5, 5.41) is 20.4. The molecule has 3 rings (SSSR count). The maximum Gasteiger partial charge on any atom is 0.297 e. The summed E-state index contributed by atoms with van der Waals surface area (Å²) in [6, 6.07) is 8.27. The molecule has 0 unspecified atom stereocenters. The molecule has 23 heavy (non-hydrogen) atoms. The molecule has 0 aliphatic carbocycles. The standard InChI is InChI=1S/C12H8N4O5S.Ag/c17-16(18)8-3-1-7(2-4-8)9-5-6-10-11(14-15-13-10)12(9)22(19,20)21;/h1-6H,(H,13,14,15)(H,19,20,21);. The molecule has 1 aromatic heterocycles. The first-order valence-electron chi connectivity index (χ1n) is 5.94. The van der Waals surface area contributed by atoms with Gasteiger partial charge in [0.05, 0.1) is 4.92 Å². The molecule has 0 aliphatic heterocycles. The van der Waals surface area contributed by atoms with Crippen LogP contribution in [0.25, 0.3) is 22.2 Å². The second-order valence-corrected chi connectivity index (χ2v) is 5.77. The van der Waals surface area contributed by atoms with E-state index in [1.54, 1.807) is 0 Å². The minimum Gasteiger partial charge on any atom is -0.282 e. The van der Waals surface area contributed by atoms with Crippen LogP contribution < -0.4 is 0 Å². The van der Waals surface area contributed by atoms with Crippen molar-refractivity contribution in [2.75, 3.05) is 0 Å². The summed E-state index contributed by atoms with van der Waals surface area (Å²) in [5.41, 5.74) is 0.721.